The molecule has 3 nitrogen and oxygen atoms in total. The molecule has 0 bridgehead atoms. The molecule has 0 radical (unpaired) electrons. The first kappa shape index (κ1) is 14.8. The highest BCUT2D eigenvalue weighted by atomic mass is 16.3. The van der Waals surface area contributed by atoms with E-state index in [0.29, 0.717) is 0 Å². The fraction of sp³-hybridized carbons (Fsp3) is 1.00. The molecule has 116 valence electrons. The number of hydrogen-bond donors (Lipinski definition) is 1. The molecule has 2 aliphatic heterocycles. The predicted molar refractivity (Wildman–Crippen MR) is 82.9 cm³/mol. The van der Waals surface area contributed by atoms with Crippen molar-refractivity contribution >= 4 is 0 Å². The Kier molecular flexibility index (Phi) is 4.68. The van der Waals surface area contributed by atoms with Gasteiger partial charge in [-0.15, -0.1) is 0 Å². The van der Waals surface area contributed by atoms with Crippen LogP contribution in [0, 0.1) is 5.92 Å². The summed E-state index contributed by atoms with van der Waals surface area (Å²) in [6.07, 6.45) is 9.87. The minimum Gasteiger partial charge on any atom is -0.389 e. The molecule has 2 heterocycles. The number of aliphatic hydroxyl groups is 1. The van der Waals surface area contributed by atoms with Gasteiger partial charge in [-0.25, -0.2) is 0 Å². The topological polar surface area (TPSA) is 26.7 Å². The minimum absolute atomic E-state index is 0.382. The Hall–Kier alpha value is -0.120. The maximum absolute atomic E-state index is 10.8. The molecule has 1 aliphatic carbocycles. The monoisotopic (exact) mass is 280 g/mol. The van der Waals surface area contributed by atoms with Gasteiger partial charge in [0.15, 0.2) is 0 Å². The van der Waals surface area contributed by atoms with Crippen molar-refractivity contribution in [2.75, 3.05) is 32.7 Å². The van der Waals surface area contributed by atoms with Crippen molar-refractivity contribution < 1.29 is 5.11 Å². The van der Waals surface area contributed by atoms with Crippen LogP contribution in [0.15, 0.2) is 0 Å². The average Bonchev–Trinajstić information content (AvgIpc) is 2.97. The Labute approximate surface area is 124 Å². The van der Waals surface area contributed by atoms with Crippen molar-refractivity contribution in [3.8, 4) is 0 Å². The number of piperidine rings is 1. The molecule has 0 spiro atoms. The lowest BCUT2D eigenvalue weighted by atomic mass is 9.79. The molecule has 3 heteroatoms. The van der Waals surface area contributed by atoms with Crippen LogP contribution in [0.1, 0.15) is 58.3 Å². The predicted octanol–water partition coefficient (Wildman–Crippen LogP) is 2.49. The molecule has 0 aromatic heterocycles. The third kappa shape index (κ3) is 3.55. The molecule has 0 unspecified atom stereocenters. The van der Waals surface area contributed by atoms with Gasteiger partial charge in [0, 0.05) is 12.6 Å². The molecule has 3 aliphatic rings. The average molecular weight is 280 g/mol. The van der Waals surface area contributed by atoms with E-state index in [-0.39, 0.29) is 5.60 Å². The summed E-state index contributed by atoms with van der Waals surface area (Å²) in [4.78, 5) is 5.23. The molecule has 0 aromatic carbocycles. The Balaban J connectivity index is 1.44. The van der Waals surface area contributed by atoms with Crippen molar-refractivity contribution in [3.05, 3.63) is 0 Å². The second kappa shape index (κ2) is 6.33. The summed E-state index contributed by atoms with van der Waals surface area (Å²) in [5.74, 6) is 0.816. The number of likely N-dealkylation sites (tertiary alicyclic amines) is 2. The molecule has 0 amide bonds. The number of β-amino-alcohol motifs (C(OH)–C–C–N with tert-alkyl or cyclic N) is 1. The van der Waals surface area contributed by atoms with Crippen LogP contribution in [0.5, 0.6) is 0 Å². The summed E-state index contributed by atoms with van der Waals surface area (Å²) in [6, 6.07) is 0.828. The van der Waals surface area contributed by atoms with Gasteiger partial charge in [0.1, 0.15) is 0 Å². The van der Waals surface area contributed by atoms with E-state index in [1.54, 1.807) is 0 Å². The smallest absolute Gasteiger partial charge is 0.0774 e. The van der Waals surface area contributed by atoms with Crippen LogP contribution < -0.4 is 0 Å². The van der Waals surface area contributed by atoms with Crippen molar-refractivity contribution in [3.63, 3.8) is 0 Å². The highest BCUT2D eigenvalue weighted by molar-refractivity contribution is 4.90. The van der Waals surface area contributed by atoms with Gasteiger partial charge in [-0.1, -0.05) is 6.92 Å². The molecule has 0 atom stereocenters. The Bertz CT molecular complexity index is 298. The first-order chi connectivity index (χ1) is 9.65. The van der Waals surface area contributed by atoms with Gasteiger partial charge in [-0.05, 0) is 83.5 Å². The van der Waals surface area contributed by atoms with Crippen LogP contribution in [-0.4, -0.2) is 59.3 Å². The van der Waals surface area contributed by atoms with Crippen LogP contribution in [-0.2, 0) is 0 Å². The minimum atomic E-state index is -0.382. The molecule has 3 fully saturated rings. The Morgan fingerprint density at radius 3 is 2.15 bits per heavy atom. The summed E-state index contributed by atoms with van der Waals surface area (Å²) >= 11 is 0. The molecule has 1 saturated carbocycles. The van der Waals surface area contributed by atoms with Crippen LogP contribution in [0.2, 0.25) is 0 Å². The summed E-state index contributed by atoms with van der Waals surface area (Å²) in [7, 11) is 0. The SMILES string of the molecule is CC1CCC(O)(CN2CCC(N3CCCC3)CC2)CC1. The van der Waals surface area contributed by atoms with Crippen LogP contribution in [0.4, 0.5) is 0 Å². The zero-order chi connectivity index (χ0) is 14.0. The Morgan fingerprint density at radius 2 is 1.55 bits per heavy atom. The lowest BCUT2D eigenvalue weighted by Crippen LogP contribution is -2.50. The normalized spacial score (nSPS) is 38.4. The van der Waals surface area contributed by atoms with E-state index in [0.717, 1.165) is 31.3 Å². The van der Waals surface area contributed by atoms with E-state index in [2.05, 4.69) is 16.7 Å². The van der Waals surface area contributed by atoms with Crippen molar-refractivity contribution in [1.29, 1.82) is 0 Å². The molecule has 20 heavy (non-hydrogen) atoms. The lowest BCUT2D eigenvalue weighted by Gasteiger charge is -2.42. The third-order valence-corrected chi connectivity index (χ3v) is 5.94. The first-order valence-corrected chi connectivity index (χ1v) is 8.83. The summed E-state index contributed by atoms with van der Waals surface area (Å²) in [5, 5.41) is 10.8. The maximum Gasteiger partial charge on any atom is 0.0774 e. The summed E-state index contributed by atoms with van der Waals surface area (Å²) in [6.45, 7) is 8.28. The van der Waals surface area contributed by atoms with Gasteiger partial charge < -0.3 is 14.9 Å². The fourth-order valence-electron chi connectivity index (χ4n) is 4.42. The highest BCUT2D eigenvalue weighted by Gasteiger charge is 2.35. The number of rotatable bonds is 3. The molecule has 1 N–H and O–H groups in total. The van der Waals surface area contributed by atoms with Gasteiger partial charge in [0.05, 0.1) is 5.60 Å². The Morgan fingerprint density at radius 1 is 0.950 bits per heavy atom. The van der Waals surface area contributed by atoms with Gasteiger partial charge in [0.25, 0.3) is 0 Å². The highest BCUT2D eigenvalue weighted by Crippen LogP contribution is 2.33. The second-order valence-electron chi connectivity index (χ2n) is 7.66. The first-order valence-electron chi connectivity index (χ1n) is 8.83. The van der Waals surface area contributed by atoms with E-state index in [1.807, 2.05) is 0 Å². The second-order valence-corrected chi connectivity index (χ2v) is 7.66. The van der Waals surface area contributed by atoms with E-state index in [1.165, 1.54) is 64.7 Å². The quantitative estimate of drug-likeness (QED) is 0.860. The van der Waals surface area contributed by atoms with Gasteiger partial charge in [0.2, 0.25) is 0 Å². The van der Waals surface area contributed by atoms with E-state index in [9.17, 15) is 5.11 Å². The maximum atomic E-state index is 10.8. The molecule has 3 rings (SSSR count). The van der Waals surface area contributed by atoms with Gasteiger partial charge >= 0.3 is 0 Å². The zero-order valence-corrected chi connectivity index (χ0v) is 13.2. The van der Waals surface area contributed by atoms with E-state index < -0.39 is 0 Å². The van der Waals surface area contributed by atoms with Crippen LogP contribution in [0.25, 0.3) is 0 Å². The van der Waals surface area contributed by atoms with Crippen LogP contribution in [0.3, 0.4) is 0 Å². The molecular weight excluding hydrogens is 248 g/mol. The molecule has 0 aromatic rings. The molecule has 2 saturated heterocycles. The van der Waals surface area contributed by atoms with E-state index >= 15 is 0 Å². The third-order valence-electron chi connectivity index (χ3n) is 5.94. The fourth-order valence-corrected chi connectivity index (χ4v) is 4.42. The number of hydrogen-bond acceptors (Lipinski definition) is 3. The lowest BCUT2D eigenvalue weighted by molar-refractivity contribution is -0.0423. The summed E-state index contributed by atoms with van der Waals surface area (Å²) < 4.78 is 0. The van der Waals surface area contributed by atoms with E-state index in [4.69, 9.17) is 0 Å². The van der Waals surface area contributed by atoms with Crippen molar-refractivity contribution in [1.82, 2.24) is 9.80 Å². The standard InChI is InChI=1S/C17H32N2O/c1-15-4-8-17(20,9-5-15)14-18-12-6-16(7-13-18)19-10-2-3-11-19/h15-16,20H,2-14H2,1H3. The molecular formula is C17H32N2O. The summed E-state index contributed by atoms with van der Waals surface area (Å²) in [5.41, 5.74) is -0.382. The van der Waals surface area contributed by atoms with Crippen molar-refractivity contribution in [2.45, 2.75) is 69.9 Å². The zero-order valence-electron chi connectivity index (χ0n) is 13.2. The largest absolute Gasteiger partial charge is 0.389 e. The van der Waals surface area contributed by atoms with Crippen molar-refractivity contribution in [2.24, 2.45) is 5.92 Å². The van der Waals surface area contributed by atoms with Gasteiger partial charge in [-0.3, -0.25) is 0 Å². The van der Waals surface area contributed by atoms with Crippen LogP contribution >= 0.6 is 0 Å². The van der Waals surface area contributed by atoms with Gasteiger partial charge in [-0.2, -0.15) is 0 Å². The number of nitrogens with zero attached hydrogens (tertiary/aromatic N) is 2.